The number of aliphatic imine (C=N–C) groups is 1. The van der Waals surface area contributed by atoms with Crippen molar-refractivity contribution in [2.24, 2.45) is 4.99 Å². The molecule has 3 rings (SSSR count). The average Bonchev–Trinajstić information content (AvgIpc) is 2.93. The van der Waals surface area contributed by atoms with Crippen LogP contribution in [0.2, 0.25) is 0 Å². The zero-order valence-corrected chi connectivity index (χ0v) is 12.3. The number of hydrogen-bond donors (Lipinski definition) is 0. The minimum atomic E-state index is 0.661. The minimum Gasteiger partial charge on any atom is -0.354 e. The normalized spacial score (nSPS) is 11.5. The molecule has 3 aromatic rings. The van der Waals surface area contributed by atoms with Crippen LogP contribution in [0.5, 0.6) is 0 Å². The van der Waals surface area contributed by atoms with Crippen molar-refractivity contribution >= 4 is 24.1 Å². The lowest BCUT2D eigenvalue weighted by Gasteiger charge is -1.94. The van der Waals surface area contributed by atoms with Gasteiger partial charge in [-0.1, -0.05) is 71.9 Å². The Morgan fingerprint density at radius 1 is 0.864 bits per heavy atom. The van der Waals surface area contributed by atoms with E-state index < -0.39 is 0 Å². The third-order valence-corrected chi connectivity index (χ3v) is 3.23. The number of aromatic nitrogens is 1. The van der Waals surface area contributed by atoms with Crippen molar-refractivity contribution in [1.82, 2.24) is 5.16 Å². The van der Waals surface area contributed by atoms with E-state index in [-0.39, 0.29) is 0 Å². The monoisotopic (exact) mass is 288 g/mol. The van der Waals surface area contributed by atoms with Gasteiger partial charge in [0.05, 0.1) is 0 Å². The molecule has 0 radical (unpaired) electrons. The largest absolute Gasteiger partial charge is 0.354 e. The van der Waals surface area contributed by atoms with Gasteiger partial charge in [-0.05, 0) is 24.1 Å². The molecule has 0 amide bonds. The predicted molar refractivity (Wildman–Crippen MR) is 90.3 cm³/mol. The van der Waals surface area contributed by atoms with E-state index in [4.69, 9.17) is 4.52 Å². The molecule has 108 valence electrons. The van der Waals surface area contributed by atoms with Crippen molar-refractivity contribution in [1.29, 1.82) is 0 Å². The Morgan fingerprint density at radius 2 is 1.50 bits per heavy atom. The van der Waals surface area contributed by atoms with Crippen LogP contribution in [0, 0.1) is 6.92 Å². The Balaban J connectivity index is 1.85. The number of aryl methyl sites for hydroxylation is 1. The number of rotatable bonds is 4. The molecule has 0 saturated carbocycles. The Morgan fingerprint density at radius 3 is 2.18 bits per heavy atom. The van der Waals surface area contributed by atoms with Crippen LogP contribution >= 0.6 is 0 Å². The van der Waals surface area contributed by atoms with Gasteiger partial charge in [0, 0.05) is 6.21 Å². The number of nitrogens with zero attached hydrogens (tertiary/aromatic N) is 2. The summed E-state index contributed by atoms with van der Waals surface area (Å²) < 4.78 is 5.36. The van der Waals surface area contributed by atoms with E-state index in [2.05, 4.69) is 10.1 Å². The highest BCUT2D eigenvalue weighted by Crippen LogP contribution is 2.25. The first-order chi connectivity index (χ1) is 10.8. The molecule has 0 fully saturated rings. The van der Waals surface area contributed by atoms with Crippen LogP contribution in [0.1, 0.15) is 22.6 Å². The Labute approximate surface area is 129 Å². The van der Waals surface area contributed by atoms with E-state index in [0.29, 0.717) is 5.76 Å². The molecule has 0 saturated heterocycles. The average molecular weight is 288 g/mol. The van der Waals surface area contributed by atoms with Gasteiger partial charge in [0.1, 0.15) is 11.4 Å². The van der Waals surface area contributed by atoms with E-state index in [1.807, 2.05) is 86.0 Å². The predicted octanol–water partition coefficient (Wildman–Crippen LogP) is 4.90. The van der Waals surface area contributed by atoms with Gasteiger partial charge in [-0.2, -0.15) is 0 Å². The first-order valence-electron chi connectivity index (χ1n) is 7.11. The molecular weight excluding hydrogens is 272 g/mol. The van der Waals surface area contributed by atoms with Crippen molar-refractivity contribution in [2.75, 3.05) is 0 Å². The van der Waals surface area contributed by atoms with Gasteiger partial charge >= 0.3 is 0 Å². The van der Waals surface area contributed by atoms with E-state index in [9.17, 15) is 0 Å². The molecule has 2 aromatic carbocycles. The lowest BCUT2D eigenvalue weighted by molar-refractivity contribution is 0.408. The summed E-state index contributed by atoms with van der Waals surface area (Å²) in [5.74, 6) is 0.661. The molecule has 0 aliphatic heterocycles. The van der Waals surface area contributed by atoms with Crippen molar-refractivity contribution in [3.63, 3.8) is 0 Å². The molecular formula is C19H16N2O. The van der Waals surface area contributed by atoms with E-state index >= 15 is 0 Å². The SMILES string of the molecule is Cc1noc(C=Cc2ccccc2)c1N=Cc1ccccc1. The van der Waals surface area contributed by atoms with Crippen LogP contribution in [0.3, 0.4) is 0 Å². The summed E-state index contributed by atoms with van der Waals surface area (Å²) in [6, 6.07) is 20.0. The highest BCUT2D eigenvalue weighted by Gasteiger charge is 2.08. The number of hydrogen-bond acceptors (Lipinski definition) is 3. The molecule has 0 bridgehead atoms. The van der Waals surface area contributed by atoms with Crippen LogP contribution in [0.4, 0.5) is 5.69 Å². The van der Waals surface area contributed by atoms with Gasteiger partial charge in [-0.15, -0.1) is 0 Å². The first kappa shape index (κ1) is 14.0. The zero-order chi connectivity index (χ0) is 15.2. The molecule has 1 heterocycles. The van der Waals surface area contributed by atoms with Crippen LogP contribution < -0.4 is 0 Å². The smallest absolute Gasteiger partial charge is 0.185 e. The van der Waals surface area contributed by atoms with Gasteiger partial charge in [0.25, 0.3) is 0 Å². The summed E-state index contributed by atoms with van der Waals surface area (Å²) in [5, 5.41) is 4.00. The molecule has 0 N–H and O–H groups in total. The lowest BCUT2D eigenvalue weighted by atomic mass is 10.2. The molecule has 0 unspecified atom stereocenters. The Kier molecular flexibility index (Phi) is 4.25. The summed E-state index contributed by atoms with van der Waals surface area (Å²) in [6.07, 6.45) is 5.70. The van der Waals surface area contributed by atoms with Crippen molar-refractivity contribution < 1.29 is 4.52 Å². The molecule has 3 heteroatoms. The molecule has 0 atom stereocenters. The number of benzene rings is 2. The van der Waals surface area contributed by atoms with Gasteiger partial charge < -0.3 is 4.52 Å². The summed E-state index contributed by atoms with van der Waals surface area (Å²) in [6.45, 7) is 1.89. The third kappa shape index (κ3) is 3.38. The van der Waals surface area contributed by atoms with E-state index in [1.54, 1.807) is 0 Å². The standard InChI is InChI=1S/C19H16N2O/c1-15-19(20-14-17-10-6-3-7-11-17)18(22-21-15)13-12-16-8-4-2-5-9-16/h2-14H,1H3. The Bertz CT molecular complexity index is 787. The fourth-order valence-corrected chi connectivity index (χ4v) is 2.06. The van der Waals surface area contributed by atoms with Crippen LogP contribution in [0.25, 0.3) is 12.2 Å². The minimum absolute atomic E-state index is 0.661. The maximum atomic E-state index is 5.36. The Hall–Kier alpha value is -2.94. The fourth-order valence-electron chi connectivity index (χ4n) is 2.06. The van der Waals surface area contributed by atoms with Gasteiger partial charge in [-0.3, -0.25) is 4.99 Å². The maximum absolute atomic E-state index is 5.36. The van der Waals surface area contributed by atoms with E-state index in [1.165, 1.54) is 0 Å². The molecule has 0 aliphatic carbocycles. The van der Waals surface area contributed by atoms with Gasteiger partial charge in [0.2, 0.25) is 0 Å². The first-order valence-corrected chi connectivity index (χ1v) is 7.11. The summed E-state index contributed by atoms with van der Waals surface area (Å²) in [7, 11) is 0. The molecule has 3 nitrogen and oxygen atoms in total. The van der Waals surface area contributed by atoms with Gasteiger partial charge in [-0.25, -0.2) is 0 Å². The summed E-state index contributed by atoms with van der Waals surface area (Å²) in [5.41, 5.74) is 3.69. The van der Waals surface area contributed by atoms with Crippen molar-refractivity contribution in [3.8, 4) is 0 Å². The van der Waals surface area contributed by atoms with Crippen molar-refractivity contribution in [3.05, 3.63) is 83.2 Å². The maximum Gasteiger partial charge on any atom is 0.185 e. The second-order valence-electron chi connectivity index (χ2n) is 4.89. The second-order valence-corrected chi connectivity index (χ2v) is 4.89. The fraction of sp³-hybridized carbons (Fsp3) is 0.0526. The third-order valence-electron chi connectivity index (χ3n) is 3.23. The van der Waals surface area contributed by atoms with Crippen LogP contribution in [0.15, 0.2) is 70.2 Å². The van der Waals surface area contributed by atoms with E-state index in [0.717, 1.165) is 22.5 Å². The highest BCUT2D eigenvalue weighted by molar-refractivity contribution is 5.84. The van der Waals surface area contributed by atoms with Gasteiger partial charge in [0.15, 0.2) is 5.76 Å². The van der Waals surface area contributed by atoms with Crippen molar-refractivity contribution in [2.45, 2.75) is 6.92 Å². The summed E-state index contributed by atoms with van der Waals surface area (Å²) in [4.78, 5) is 4.52. The molecule has 0 aliphatic rings. The highest BCUT2D eigenvalue weighted by atomic mass is 16.5. The quantitative estimate of drug-likeness (QED) is 0.640. The molecule has 1 aromatic heterocycles. The topological polar surface area (TPSA) is 38.4 Å². The van der Waals surface area contributed by atoms with Crippen LogP contribution in [-0.4, -0.2) is 11.4 Å². The van der Waals surface area contributed by atoms with Crippen LogP contribution in [-0.2, 0) is 0 Å². The molecule has 22 heavy (non-hydrogen) atoms. The lowest BCUT2D eigenvalue weighted by Crippen LogP contribution is -1.79. The summed E-state index contributed by atoms with van der Waals surface area (Å²) >= 11 is 0. The molecule has 0 spiro atoms. The second kappa shape index (κ2) is 6.68. The zero-order valence-electron chi connectivity index (χ0n) is 12.3.